The molecular weight excluding hydrogens is 250 g/mol. The molecule has 106 valence electrons. The summed E-state index contributed by atoms with van der Waals surface area (Å²) in [7, 11) is 1.67. The van der Waals surface area contributed by atoms with Crippen LogP contribution in [0.4, 0.5) is 0 Å². The number of ether oxygens (including phenoxy) is 2. The van der Waals surface area contributed by atoms with Crippen LogP contribution in [0.15, 0.2) is 48.5 Å². The second kappa shape index (κ2) is 7.56. The van der Waals surface area contributed by atoms with E-state index >= 15 is 0 Å². The van der Waals surface area contributed by atoms with E-state index in [1.807, 2.05) is 36.4 Å². The quantitative estimate of drug-likeness (QED) is 0.841. The van der Waals surface area contributed by atoms with Crippen LogP contribution in [0.5, 0.6) is 11.5 Å². The van der Waals surface area contributed by atoms with Crippen LogP contribution >= 0.6 is 0 Å². The van der Waals surface area contributed by atoms with Gasteiger partial charge in [-0.3, -0.25) is 0 Å². The molecule has 0 aliphatic heterocycles. The van der Waals surface area contributed by atoms with Gasteiger partial charge in [0, 0.05) is 0 Å². The van der Waals surface area contributed by atoms with Gasteiger partial charge in [-0.25, -0.2) is 0 Å². The van der Waals surface area contributed by atoms with Crippen LogP contribution < -0.4 is 15.2 Å². The van der Waals surface area contributed by atoms with Gasteiger partial charge in [-0.2, -0.15) is 0 Å². The minimum Gasteiger partial charge on any atom is -0.497 e. The fourth-order valence-electron chi connectivity index (χ4n) is 1.99. The molecule has 0 aliphatic rings. The van der Waals surface area contributed by atoms with Crippen LogP contribution in [-0.2, 0) is 13.0 Å². The van der Waals surface area contributed by atoms with Crippen molar-refractivity contribution < 1.29 is 9.47 Å². The second-order valence-electron chi connectivity index (χ2n) is 4.68. The first-order valence-electron chi connectivity index (χ1n) is 6.86. The lowest BCUT2D eigenvalue weighted by Crippen LogP contribution is -2.01. The van der Waals surface area contributed by atoms with Gasteiger partial charge in [0.1, 0.15) is 18.1 Å². The van der Waals surface area contributed by atoms with Crippen LogP contribution in [0.1, 0.15) is 17.5 Å². The monoisotopic (exact) mass is 271 g/mol. The third kappa shape index (κ3) is 4.28. The van der Waals surface area contributed by atoms with Crippen molar-refractivity contribution in [3.05, 3.63) is 59.7 Å². The highest BCUT2D eigenvalue weighted by Gasteiger charge is 1.99. The Balaban J connectivity index is 1.92. The molecule has 0 unspecified atom stereocenters. The minimum absolute atomic E-state index is 0.560. The highest BCUT2D eigenvalue weighted by atomic mass is 16.5. The Hall–Kier alpha value is -2.00. The molecule has 0 saturated carbocycles. The Morgan fingerprint density at radius 1 is 0.950 bits per heavy atom. The first kappa shape index (κ1) is 14.4. The molecule has 0 heterocycles. The van der Waals surface area contributed by atoms with E-state index in [0.29, 0.717) is 6.61 Å². The summed E-state index contributed by atoms with van der Waals surface area (Å²) in [6.45, 7) is 1.28. The van der Waals surface area contributed by atoms with Crippen LogP contribution in [0, 0.1) is 0 Å². The van der Waals surface area contributed by atoms with E-state index in [0.717, 1.165) is 36.4 Å². The van der Waals surface area contributed by atoms with Crippen LogP contribution in [0.3, 0.4) is 0 Å². The molecule has 0 atom stereocenters. The zero-order chi connectivity index (χ0) is 14.2. The Labute approximate surface area is 120 Å². The van der Waals surface area contributed by atoms with Gasteiger partial charge in [0.25, 0.3) is 0 Å². The van der Waals surface area contributed by atoms with Crippen molar-refractivity contribution in [2.45, 2.75) is 19.4 Å². The van der Waals surface area contributed by atoms with Crippen LogP contribution in [-0.4, -0.2) is 13.7 Å². The number of methoxy groups -OCH3 is 1. The van der Waals surface area contributed by atoms with Crippen molar-refractivity contribution in [2.24, 2.45) is 5.73 Å². The van der Waals surface area contributed by atoms with Gasteiger partial charge < -0.3 is 15.2 Å². The number of nitrogens with two attached hydrogens (primary N) is 1. The van der Waals surface area contributed by atoms with E-state index in [-0.39, 0.29) is 0 Å². The second-order valence-corrected chi connectivity index (χ2v) is 4.68. The van der Waals surface area contributed by atoms with Gasteiger partial charge in [-0.1, -0.05) is 24.3 Å². The molecule has 0 amide bonds. The summed E-state index contributed by atoms with van der Waals surface area (Å²) in [5, 5.41) is 0. The van der Waals surface area contributed by atoms with E-state index in [1.165, 1.54) is 5.56 Å². The van der Waals surface area contributed by atoms with E-state index in [1.54, 1.807) is 7.11 Å². The minimum atomic E-state index is 0.560. The highest BCUT2D eigenvalue weighted by molar-refractivity contribution is 5.30. The molecule has 2 N–H and O–H groups in total. The van der Waals surface area contributed by atoms with Crippen molar-refractivity contribution in [1.29, 1.82) is 0 Å². The van der Waals surface area contributed by atoms with Crippen molar-refractivity contribution >= 4 is 0 Å². The van der Waals surface area contributed by atoms with Crippen molar-refractivity contribution in [3.63, 3.8) is 0 Å². The number of rotatable bonds is 7. The Bertz CT molecular complexity index is 523. The third-order valence-electron chi connectivity index (χ3n) is 3.13. The molecule has 0 aromatic heterocycles. The van der Waals surface area contributed by atoms with E-state index in [9.17, 15) is 0 Å². The number of hydrogen-bond acceptors (Lipinski definition) is 3. The predicted molar refractivity (Wildman–Crippen MR) is 81.1 cm³/mol. The van der Waals surface area contributed by atoms with E-state index < -0.39 is 0 Å². The molecule has 0 saturated heterocycles. The lowest BCUT2D eigenvalue weighted by Gasteiger charge is -2.08. The molecular formula is C17H21NO2. The number of hydrogen-bond donors (Lipinski definition) is 1. The van der Waals surface area contributed by atoms with Gasteiger partial charge in [-0.15, -0.1) is 0 Å². The molecule has 20 heavy (non-hydrogen) atoms. The van der Waals surface area contributed by atoms with E-state index in [4.69, 9.17) is 15.2 Å². The molecule has 0 radical (unpaired) electrons. The maximum Gasteiger partial charge on any atom is 0.120 e. The average Bonchev–Trinajstić information content (AvgIpc) is 2.52. The predicted octanol–water partition coefficient (Wildman–Crippen LogP) is 3.17. The standard InChI is InChI=1S/C17H21NO2/c1-19-16-9-7-15(8-10-16)13-20-17-6-2-4-14(12-17)5-3-11-18/h2,4,6-10,12H,3,5,11,13,18H2,1H3. The maximum absolute atomic E-state index is 5.81. The summed E-state index contributed by atoms with van der Waals surface area (Å²) in [6.07, 6.45) is 2.00. The van der Waals surface area contributed by atoms with Gasteiger partial charge in [0.05, 0.1) is 7.11 Å². The topological polar surface area (TPSA) is 44.5 Å². The van der Waals surface area contributed by atoms with Gasteiger partial charge in [0.2, 0.25) is 0 Å². The summed E-state index contributed by atoms with van der Waals surface area (Å²) in [5.74, 6) is 1.76. The molecule has 0 fully saturated rings. The molecule has 2 aromatic carbocycles. The number of aryl methyl sites for hydroxylation is 1. The zero-order valence-corrected chi connectivity index (χ0v) is 11.8. The van der Waals surface area contributed by atoms with Crippen molar-refractivity contribution in [2.75, 3.05) is 13.7 Å². The fraction of sp³-hybridized carbons (Fsp3) is 0.294. The van der Waals surface area contributed by atoms with Crippen molar-refractivity contribution in [1.82, 2.24) is 0 Å². The van der Waals surface area contributed by atoms with E-state index in [2.05, 4.69) is 12.1 Å². The van der Waals surface area contributed by atoms with Crippen LogP contribution in [0.25, 0.3) is 0 Å². The first-order chi connectivity index (χ1) is 9.81. The van der Waals surface area contributed by atoms with Gasteiger partial charge in [0.15, 0.2) is 0 Å². The first-order valence-corrected chi connectivity index (χ1v) is 6.86. The summed E-state index contributed by atoms with van der Waals surface area (Å²) < 4.78 is 10.9. The number of benzene rings is 2. The largest absolute Gasteiger partial charge is 0.497 e. The summed E-state index contributed by atoms with van der Waals surface area (Å²) in [5.41, 5.74) is 7.92. The normalized spacial score (nSPS) is 10.3. The van der Waals surface area contributed by atoms with Crippen LogP contribution in [0.2, 0.25) is 0 Å². The maximum atomic E-state index is 5.81. The molecule has 3 nitrogen and oxygen atoms in total. The molecule has 0 aliphatic carbocycles. The average molecular weight is 271 g/mol. The molecule has 0 bridgehead atoms. The molecule has 0 spiro atoms. The van der Waals surface area contributed by atoms with Gasteiger partial charge >= 0.3 is 0 Å². The summed E-state index contributed by atoms with van der Waals surface area (Å²) in [4.78, 5) is 0. The lowest BCUT2D eigenvalue weighted by atomic mass is 10.1. The Morgan fingerprint density at radius 3 is 2.45 bits per heavy atom. The third-order valence-corrected chi connectivity index (χ3v) is 3.13. The van der Waals surface area contributed by atoms with Crippen molar-refractivity contribution in [3.8, 4) is 11.5 Å². The SMILES string of the molecule is COc1ccc(COc2cccc(CCCN)c2)cc1. The fourth-order valence-corrected chi connectivity index (χ4v) is 1.99. The summed E-state index contributed by atoms with van der Waals surface area (Å²) in [6, 6.07) is 16.1. The lowest BCUT2D eigenvalue weighted by molar-refractivity contribution is 0.305. The molecule has 2 rings (SSSR count). The Kier molecular flexibility index (Phi) is 5.44. The molecule has 2 aromatic rings. The van der Waals surface area contributed by atoms with Gasteiger partial charge in [-0.05, 0) is 54.8 Å². The zero-order valence-electron chi connectivity index (χ0n) is 11.8. The summed E-state index contributed by atoms with van der Waals surface area (Å²) >= 11 is 0. The highest BCUT2D eigenvalue weighted by Crippen LogP contribution is 2.17. The molecule has 3 heteroatoms. The Morgan fingerprint density at radius 2 is 1.75 bits per heavy atom. The smallest absolute Gasteiger partial charge is 0.120 e.